The molecule has 1 heterocycles. The van der Waals surface area contributed by atoms with Gasteiger partial charge in [0.25, 0.3) is 0 Å². The summed E-state index contributed by atoms with van der Waals surface area (Å²) in [6.45, 7) is 1.40. The van der Waals surface area contributed by atoms with Crippen LogP contribution in [0, 0.1) is 5.92 Å². The van der Waals surface area contributed by atoms with E-state index in [0.717, 1.165) is 36.8 Å². The van der Waals surface area contributed by atoms with Crippen LogP contribution < -0.4 is 20.1 Å². The summed E-state index contributed by atoms with van der Waals surface area (Å²) in [6.07, 6.45) is 2.30. The van der Waals surface area contributed by atoms with Gasteiger partial charge in [-0.3, -0.25) is 0 Å². The highest BCUT2D eigenvalue weighted by Gasteiger charge is 2.27. The maximum Gasteiger partial charge on any atom is 0.231 e. The summed E-state index contributed by atoms with van der Waals surface area (Å²) in [4.78, 5) is 2.26. The zero-order valence-corrected chi connectivity index (χ0v) is 10.1. The van der Waals surface area contributed by atoms with Crippen LogP contribution in [-0.4, -0.2) is 26.4 Å². The summed E-state index contributed by atoms with van der Waals surface area (Å²) in [6, 6.07) is 6.51. The van der Waals surface area contributed by atoms with Gasteiger partial charge in [0.1, 0.15) is 0 Å². The van der Waals surface area contributed by atoms with Crippen LogP contribution >= 0.6 is 0 Å². The molecule has 92 valence electrons. The molecule has 0 bridgehead atoms. The van der Waals surface area contributed by atoms with Gasteiger partial charge >= 0.3 is 0 Å². The first-order valence-electron chi connectivity index (χ1n) is 6.09. The Labute approximate surface area is 101 Å². The van der Waals surface area contributed by atoms with E-state index in [1.807, 2.05) is 12.1 Å². The third-order valence-corrected chi connectivity index (χ3v) is 3.60. The van der Waals surface area contributed by atoms with Gasteiger partial charge in [-0.1, -0.05) is 0 Å². The molecular weight excluding hydrogens is 216 g/mol. The molecule has 4 nitrogen and oxygen atoms in total. The monoisotopic (exact) mass is 234 g/mol. The van der Waals surface area contributed by atoms with E-state index in [1.165, 1.54) is 5.69 Å². The van der Waals surface area contributed by atoms with Gasteiger partial charge in [0, 0.05) is 31.4 Å². The molecule has 0 saturated heterocycles. The van der Waals surface area contributed by atoms with Crippen molar-refractivity contribution >= 4 is 5.69 Å². The van der Waals surface area contributed by atoms with Gasteiger partial charge in [-0.15, -0.1) is 0 Å². The Balaban J connectivity index is 1.67. The van der Waals surface area contributed by atoms with Crippen molar-refractivity contribution < 1.29 is 9.47 Å². The molecule has 0 spiro atoms. The fourth-order valence-electron chi connectivity index (χ4n) is 2.55. The van der Waals surface area contributed by atoms with E-state index < -0.39 is 0 Å². The fraction of sp³-hybridized carbons (Fsp3) is 0.538. The number of nitrogens with two attached hydrogens (primary N) is 1. The molecule has 1 aliphatic carbocycles. The SMILES string of the molecule is CN(CC1CC(N)C1)c1ccc2c(c1)OCO2. The van der Waals surface area contributed by atoms with Gasteiger partial charge in [0.05, 0.1) is 0 Å². The Morgan fingerprint density at radius 3 is 2.82 bits per heavy atom. The molecule has 17 heavy (non-hydrogen) atoms. The minimum absolute atomic E-state index is 0.333. The lowest BCUT2D eigenvalue weighted by molar-refractivity contribution is 0.174. The van der Waals surface area contributed by atoms with Crippen molar-refractivity contribution in [2.45, 2.75) is 18.9 Å². The first-order chi connectivity index (χ1) is 8.22. The third-order valence-electron chi connectivity index (χ3n) is 3.60. The molecule has 0 aromatic heterocycles. The highest BCUT2D eigenvalue weighted by Crippen LogP contribution is 2.36. The van der Waals surface area contributed by atoms with E-state index in [2.05, 4.69) is 18.0 Å². The Morgan fingerprint density at radius 1 is 1.29 bits per heavy atom. The number of hydrogen-bond acceptors (Lipinski definition) is 4. The number of benzene rings is 1. The molecule has 3 rings (SSSR count). The zero-order chi connectivity index (χ0) is 11.8. The number of anilines is 1. The van der Waals surface area contributed by atoms with Crippen molar-refractivity contribution in [1.82, 2.24) is 0 Å². The summed E-state index contributed by atoms with van der Waals surface area (Å²) in [5.41, 5.74) is 6.98. The lowest BCUT2D eigenvalue weighted by atomic mass is 9.80. The Kier molecular flexibility index (Phi) is 2.59. The van der Waals surface area contributed by atoms with E-state index in [-0.39, 0.29) is 0 Å². The Morgan fingerprint density at radius 2 is 2.06 bits per heavy atom. The van der Waals surface area contributed by atoms with Crippen LogP contribution in [0.1, 0.15) is 12.8 Å². The van der Waals surface area contributed by atoms with Crippen molar-refractivity contribution in [3.8, 4) is 11.5 Å². The lowest BCUT2D eigenvalue weighted by Crippen LogP contribution is -2.41. The highest BCUT2D eigenvalue weighted by molar-refractivity contribution is 5.56. The fourth-order valence-corrected chi connectivity index (χ4v) is 2.55. The molecule has 0 atom stereocenters. The van der Waals surface area contributed by atoms with Crippen LogP contribution in [0.25, 0.3) is 0 Å². The van der Waals surface area contributed by atoms with Gasteiger partial charge < -0.3 is 20.1 Å². The quantitative estimate of drug-likeness (QED) is 0.862. The zero-order valence-electron chi connectivity index (χ0n) is 10.1. The third kappa shape index (κ3) is 2.05. The summed E-state index contributed by atoms with van der Waals surface area (Å²) < 4.78 is 10.7. The van der Waals surface area contributed by atoms with Crippen LogP contribution in [-0.2, 0) is 0 Å². The lowest BCUT2D eigenvalue weighted by Gasteiger charge is -2.36. The molecule has 1 aromatic rings. The topological polar surface area (TPSA) is 47.7 Å². The Bertz CT molecular complexity index is 416. The van der Waals surface area contributed by atoms with Crippen LogP contribution in [0.3, 0.4) is 0 Å². The smallest absolute Gasteiger partial charge is 0.231 e. The first-order valence-corrected chi connectivity index (χ1v) is 6.09. The Hall–Kier alpha value is -1.42. The summed E-state index contributed by atoms with van der Waals surface area (Å²) >= 11 is 0. The van der Waals surface area contributed by atoms with E-state index in [0.29, 0.717) is 12.8 Å². The van der Waals surface area contributed by atoms with Crippen LogP contribution in [0.2, 0.25) is 0 Å². The number of rotatable bonds is 3. The first kappa shape index (κ1) is 10.7. The minimum atomic E-state index is 0.333. The van der Waals surface area contributed by atoms with E-state index in [9.17, 15) is 0 Å². The second kappa shape index (κ2) is 4.11. The van der Waals surface area contributed by atoms with Gasteiger partial charge in [-0.25, -0.2) is 0 Å². The number of nitrogens with zero attached hydrogens (tertiary/aromatic N) is 1. The maximum atomic E-state index is 5.80. The standard InChI is InChI=1S/C13H18N2O2/c1-15(7-9-4-10(14)5-9)11-2-3-12-13(6-11)17-8-16-12/h2-3,6,9-10H,4-5,7-8,14H2,1H3. The number of fused-ring (bicyclic) bond motifs is 1. The molecule has 2 N–H and O–H groups in total. The van der Waals surface area contributed by atoms with Gasteiger partial charge in [0.15, 0.2) is 11.5 Å². The van der Waals surface area contributed by atoms with E-state index in [4.69, 9.17) is 15.2 Å². The molecule has 0 unspecified atom stereocenters. The second-order valence-electron chi connectivity index (χ2n) is 5.02. The average Bonchev–Trinajstić information content (AvgIpc) is 2.73. The molecule has 1 aromatic carbocycles. The summed E-state index contributed by atoms with van der Waals surface area (Å²) in [5, 5.41) is 0. The number of hydrogen-bond donors (Lipinski definition) is 1. The molecule has 4 heteroatoms. The molecule has 0 radical (unpaired) electrons. The van der Waals surface area contributed by atoms with Crippen molar-refractivity contribution in [2.24, 2.45) is 11.7 Å². The second-order valence-corrected chi connectivity index (χ2v) is 5.02. The van der Waals surface area contributed by atoms with Crippen molar-refractivity contribution in [3.05, 3.63) is 18.2 Å². The summed E-state index contributed by atoms with van der Waals surface area (Å²) in [7, 11) is 2.11. The predicted octanol–water partition coefficient (Wildman–Crippen LogP) is 1.59. The van der Waals surface area contributed by atoms with E-state index in [1.54, 1.807) is 0 Å². The minimum Gasteiger partial charge on any atom is -0.454 e. The van der Waals surface area contributed by atoms with Gasteiger partial charge in [0.2, 0.25) is 6.79 Å². The van der Waals surface area contributed by atoms with Crippen molar-refractivity contribution in [1.29, 1.82) is 0 Å². The van der Waals surface area contributed by atoms with Gasteiger partial charge in [-0.2, -0.15) is 0 Å². The molecule has 0 amide bonds. The molecular formula is C13H18N2O2. The van der Waals surface area contributed by atoms with Crippen molar-refractivity contribution in [2.75, 3.05) is 25.3 Å². The average molecular weight is 234 g/mol. The molecule has 1 saturated carbocycles. The van der Waals surface area contributed by atoms with Crippen LogP contribution in [0.15, 0.2) is 18.2 Å². The molecule has 1 aliphatic heterocycles. The highest BCUT2D eigenvalue weighted by atomic mass is 16.7. The predicted molar refractivity (Wildman–Crippen MR) is 66.5 cm³/mol. The van der Waals surface area contributed by atoms with Crippen LogP contribution in [0.4, 0.5) is 5.69 Å². The number of ether oxygens (including phenoxy) is 2. The summed E-state index contributed by atoms with van der Waals surface area (Å²) in [5.74, 6) is 2.42. The van der Waals surface area contributed by atoms with Crippen molar-refractivity contribution in [3.63, 3.8) is 0 Å². The van der Waals surface area contributed by atoms with Crippen LogP contribution in [0.5, 0.6) is 11.5 Å². The maximum absolute atomic E-state index is 5.80. The molecule has 1 fully saturated rings. The molecule has 2 aliphatic rings. The largest absolute Gasteiger partial charge is 0.454 e. The van der Waals surface area contributed by atoms with E-state index >= 15 is 0 Å². The normalized spacial score (nSPS) is 25.5. The van der Waals surface area contributed by atoms with Gasteiger partial charge in [-0.05, 0) is 30.9 Å².